The van der Waals surface area contributed by atoms with Crippen LogP contribution in [0.15, 0.2) is 5.38 Å². The first-order valence-electron chi connectivity index (χ1n) is 8.49. The second-order valence-corrected chi connectivity index (χ2v) is 7.53. The molecular formula is C17H22N2O5S. The van der Waals surface area contributed by atoms with E-state index in [-0.39, 0.29) is 18.0 Å². The molecule has 25 heavy (non-hydrogen) atoms. The maximum Gasteiger partial charge on any atom is 0.341 e. The maximum absolute atomic E-state index is 12.3. The normalized spacial score (nSPS) is 22.9. The molecule has 0 atom stereocenters. The minimum absolute atomic E-state index is 0.0416. The maximum atomic E-state index is 12.3. The molecule has 2 saturated carbocycles. The number of thiophene rings is 1. The van der Waals surface area contributed by atoms with Crippen LogP contribution in [0.25, 0.3) is 0 Å². The van der Waals surface area contributed by atoms with Crippen LogP contribution in [0, 0.1) is 5.92 Å². The summed E-state index contributed by atoms with van der Waals surface area (Å²) in [6, 6.07) is -0.409. The van der Waals surface area contributed by atoms with E-state index in [0.29, 0.717) is 42.2 Å². The number of rotatable bonds is 5. The van der Waals surface area contributed by atoms with Crippen molar-refractivity contribution in [2.24, 2.45) is 5.92 Å². The van der Waals surface area contributed by atoms with Gasteiger partial charge >= 0.3 is 18.0 Å². The molecule has 1 heterocycles. The van der Waals surface area contributed by atoms with E-state index in [1.165, 1.54) is 18.4 Å². The van der Waals surface area contributed by atoms with E-state index in [1.807, 2.05) is 5.38 Å². The Morgan fingerprint density at radius 3 is 2.40 bits per heavy atom. The van der Waals surface area contributed by atoms with Gasteiger partial charge in [0.15, 0.2) is 0 Å². The first-order chi connectivity index (χ1) is 12.0. The van der Waals surface area contributed by atoms with Crippen LogP contribution in [0.4, 0.5) is 9.80 Å². The minimum atomic E-state index is -0.767. The van der Waals surface area contributed by atoms with Gasteiger partial charge in [0.05, 0.1) is 18.6 Å². The fourth-order valence-corrected chi connectivity index (χ4v) is 4.31. The summed E-state index contributed by atoms with van der Waals surface area (Å²) in [5.41, 5.74) is 1.41. The zero-order chi connectivity index (χ0) is 18.0. The smallest absolute Gasteiger partial charge is 0.341 e. The topological polar surface area (TPSA) is 105 Å². The van der Waals surface area contributed by atoms with Crippen molar-refractivity contribution in [1.82, 2.24) is 5.32 Å². The quantitative estimate of drug-likeness (QED) is 0.694. The van der Waals surface area contributed by atoms with Crippen LogP contribution in [0.2, 0.25) is 0 Å². The van der Waals surface area contributed by atoms with Crippen molar-refractivity contribution in [3.05, 3.63) is 16.5 Å². The van der Waals surface area contributed by atoms with Crippen molar-refractivity contribution in [3.63, 3.8) is 0 Å². The van der Waals surface area contributed by atoms with E-state index in [9.17, 15) is 14.4 Å². The Bertz CT molecular complexity index is 675. The van der Waals surface area contributed by atoms with Gasteiger partial charge in [-0.05, 0) is 55.4 Å². The molecule has 0 aliphatic heterocycles. The number of urea groups is 1. The lowest BCUT2D eigenvalue weighted by atomic mass is 9.86. The highest BCUT2D eigenvalue weighted by molar-refractivity contribution is 7.15. The van der Waals surface area contributed by atoms with E-state index in [1.54, 1.807) is 0 Å². The van der Waals surface area contributed by atoms with Crippen LogP contribution in [0.5, 0.6) is 0 Å². The highest BCUT2D eigenvalue weighted by Crippen LogP contribution is 2.46. The molecule has 0 saturated heterocycles. The van der Waals surface area contributed by atoms with Gasteiger partial charge in [-0.3, -0.25) is 10.1 Å². The Balaban J connectivity index is 1.60. The zero-order valence-corrected chi connectivity index (χ0v) is 14.9. The van der Waals surface area contributed by atoms with Crippen molar-refractivity contribution in [2.45, 2.75) is 50.5 Å². The van der Waals surface area contributed by atoms with Gasteiger partial charge in [0.25, 0.3) is 0 Å². The molecule has 3 rings (SSSR count). The molecule has 1 aromatic heterocycles. The number of anilines is 1. The van der Waals surface area contributed by atoms with Crippen LogP contribution in [-0.4, -0.2) is 36.2 Å². The summed E-state index contributed by atoms with van der Waals surface area (Å²) in [4.78, 5) is 35.3. The molecular weight excluding hydrogens is 344 g/mol. The van der Waals surface area contributed by atoms with Crippen LogP contribution in [0.1, 0.15) is 60.4 Å². The summed E-state index contributed by atoms with van der Waals surface area (Å²) in [7, 11) is 1.33. The van der Waals surface area contributed by atoms with Crippen molar-refractivity contribution in [1.29, 1.82) is 0 Å². The first kappa shape index (κ1) is 17.7. The van der Waals surface area contributed by atoms with Gasteiger partial charge in [0.2, 0.25) is 0 Å². The fourth-order valence-electron chi connectivity index (χ4n) is 3.28. The highest BCUT2D eigenvalue weighted by atomic mass is 32.1. The van der Waals surface area contributed by atoms with E-state index in [4.69, 9.17) is 9.84 Å². The number of carbonyl (C=O) groups excluding carboxylic acids is 2. The third-order valence-electron chi connectivity index (χ3n) is 4.86. The average Bonchev–Trinajstić information content (AvgIpc) is 3.35. The number of carboxylic acids is 1. The molecule has 0 aromatic carbocycles. The number of nitrogens with one attached hydrogen (secondary N) is 2. The second-order valence-electron chi connectivity index (χ2n) is 6.65. The third-order valence-corrected chi connectivity index (χ3v) is 5.78. The molecule has 2 amide bonds. The molecule has 3 N–H and O–H groups in total. The second kappa shape index (κ2) is 7.43. The average molecular weight is 366 g/mol. The van der Waals surface area contributed by atoms with E-state index < -0.39 is 11.9 Å². The Morgan fingerprint density at radius 2 is 1.84 bits per heavy atom. The Kier molecular flexibility index (Phi) is 5.27. The third kappa shape index (κ3) is 4.12. The van der Waals surface area contributed by atoms with Crippen LogP contribution >= 0.6 is 11.3 Å². The number of amides is 2. The number of carboxylic acid groups (broad SMARTS) is 1. The monoisotopic (exact) mass is 366 g/mol. The predicted octanol–water partition coefficient (Wildman–Crippen LogP) is 3.18. The first-order valence-corrected chi connectivity index (χ1v) is 9.37. The standard InChI is InChI=1S/C17H22N2O5S/c1-24-16(22)13-12(9-2-3-9)8-25-14(13)19-17(23)18-11-6-4-10(5-7-11)15(20)21/h8-11H,2-7H2,1H3,(H,20,21)(H2,18,19,23). The molecule has 0 bridgehead atoms. The fraction of sp³-hybridized carbons (Fsp3) is 0.588. The lowest BCUT2D eigenvalue weighted by Gasteiger charge is -2.26. The molecule has 8 heteroatoms. The zero-order valence-electron chi connectivity index (χ0n) is 14.0. The molecule has 0 unspecified atom stereocenters. The Morgan fingerprint density at radius 1 is 1.16 bits per heavy atom. The molecule has 2 fully saturated rings. The number of esters is 1. The summed E-state index contributed by atoms with van der Waals surface area (Å²) >= 11 is 1.33. The van der Waals surface area contributed by atoms with Gasteiger partial charge in [-0.25, -0.2) is 9.59 Å². The Labute approximate surface area is 149 Å². The highest BCUT2D eigenvalue weighted by Gasteiger charge is 2.32. The van der Waals surface area contributed by atoms with Gasteiger partial charge in [0, 0.05) is 6.04 Å². The van der Waals surface area contributed by atoms with Gasteiger partial charge < -0.3 is 15.2 Å². The van der Waals surface area contributed by atoms with Crippen LogP contribution in [0.3, 0.4) is 0 Å². The summed E-state index contributed by atoms with van der Waals surface area (Å²) in [6.45, 7) is 0. The van der Waals surface area contributed by atoms with Gasteiger partial charge in [-0.15, -0.1) is 11.3 Å². The number of ether oxygens (including phenoxy) is 1. The summed E-state index contributed by atoms with van der Waals surface area (Å²) in [6.07, 6.45) is 4.54. The number of carbonyl (C=O) groups is 3. The largest absolute Gasteiger partial charge is 0.481 e. The lowest BCUT2D eigenvalue weighted by Crippen LogP contribution is -2.41. The predicted molar refractivity (Wildman–Crippen MR) is 93.2 cm³/mol. The van der Waals surface area contributed by atoms with Crippen molar-refractivity contribution >= 4 is 34.3 Å². The van der Waals surface area contributed by atoms with Gasteiger partial charge in [0.1, 0.15) is 5.00 Å². The molecule has 7 nitrogen and oxygen atoms in total. The molecule has 0 spiro atoms. The SMILES string of the molecule is COC(=O)c1c(C2CC2)csc1NC(=O)NC1CCC(C(=O)O)CC1. The number of hydrogen-bond donors (Lipinski definition) is 3. The van der Waals surface area contributed by atoms with Gasteiger partial charge in [-0.1, -0.05) is 0 Å². The van der Waals surface area contributed by atoms with Crippen molar-refractivity contribution in [2.75, 3.05) is 12.4 Å². The van der Waals surface area contributed by atoms with Crippen LogP contribution < -0.4 is 10.6 Å². The Hall–Kier alpha value is -2.09. The van der Waals surface area contributed by atoms with Gasteiger partial charge in [-0.2, -0.15) is 0 Å². The molecule has 2 aliphatic carbocycles. The number of hydrogen-bond acceptors (Lipinski definition) is 5. The van der Waals surface area contributed by atoms with E-state index >= 15 is 0 Å². The van der Waals surface area contributed by atoms with E-state index in [0.717, 1.165) is 18.4 Å². The summed E-state index contributed by atoms with van der Waals surface area (Å²) in [5, 5.41) is 17.1. The lowest BCUT2D eigenvalue weighted by molar-refractivity contribution is -0.142. The molecule has 1 aromatic rings. The van der Waals surface area contributed by atoms with Crippen LogP contribution in [-0.2, 0) is 9.53 Å². The molecule has 0 radical (unpaired) electrons. The van der Waals surface area contributed by atoms with E-state index in [2.05, 4.69) is 10.6 Å². The minimum Gasteiger partial charge on any atom is -0.481 e. The summed E-state index contributed by atoms with van der Waals surface area (Å²) < 4.78 is 4.86. The molecule has 2 aliphatic rings. The number of methoxy groups -OCH3 is 1. The summed E-state index contributed by atoms with van der Waals surface area (Å²) in [5.74, 6) is -1.13. The molecule has 136 valence electrons. The number of aliphatic carboxylic acids is 1. The van der Waals surface area contributed by atoms with Crippen molar-refractivity contribution in [3.8, 4) is 0 Å². The van der Waals surface area contributed by atoms with Crippen molar-refractivity contribution < 1.29 is 24.2 Å².